The summed E-state index contributed by atoms with van der Waals surface area (Å²) in [5.41, 5.74) is 0.918. The van der Waals surface area contributed by atoms with E-state index >= 15 is 0 Å². The summed E-state index contributed by atoms with van der Waals surface area (Å²) in [6.45, 7) is 2.16. The van der Waals surface area contributed by atoms with Crippen molar-refractivity contribution < 1.29 is 8.42 Å². The molecule has 0 amide bonds. The number of sulfone groups is 1. The van der Waals surface area contributed by atoms with Gasteiger partial charge in [0.05, 0.1) is 10.6 Å². The van der Waals surface area contributed by atoms with E-state index in [1.807, 2.05) is 12.1 Å². The Kier molecular flexibility index (Phi) is 4.15. The van der Waals surface area contributed by atoms with Crippen LogP contribution in [0.15, 0.2) is 46.7 Å². The van der Waals surface area contributed by atoms with Crippen LogP contribution in [0.2, 0.25) is 0 Å². The summed E-state index contributed by atoms with van der Waals surface area (Å²) in [5.74, 6) is 0.230. The summed E-state index contributed by atoms with van der Waals surface area (Å²) in [7, 11) is -3.10. The second-order valence-electron chi connectivity index (χ2n) is 5.55. The van der Waals surface area contributed by atoms with Gasteiger partial charge in [0.1, 0.15) is 0 Å². The first-order valence-corrected chi connectivity index (χ1v) is 9.69. The third kappa shape index (κ3) is 3.20. The highest BCUT2D eigenvalue weighted by atomic mass is 32.2. The fourth-order valence-electron chi connectivity index (χ4n) is 2.90. The molecule has 0 fully saturated rings. The number of rotatable bonds is 4. The minimum absolute atomic E-state index is 0.125. The Labute approximate surface area is 129 Å². The Hall–Kier alpha value is -1.17. The molecule has 1 aliphatic rings. The van der Waals surface area contributed by atoms with Crippen LogP contribution in [0.4, 0.5) is 0 Å². The number of hydrogen-bond donors (Lipinski definition) is 1. The quantitative estimate of drug-likeness (QED) is 0.941. The van der Waals surface area contributed by atoms with Gasteiger partial charge in [0.2, 0.25) is 0 Å². The lowest BCUT2D eigenvalue weighted by Gasteiger charge is -2.29. The molecule has 5 heteroatoms. The normalized spacial score (nSPS) is 21.7. The molecule has 21 heavy (non-hydrogen) atoms. The summed E-state index contributed by atoms with van der Waals surface area (Å²) >= 11 is 1.76. The van der Waals surface area contributed by atoms with E-state index in [1.165, 1.54) is 4.88 Å². The fourth-order valence-corrected chi connectivity index (χ4v) is 5.35. The topological polar surface area (TPSA) is 46.2 Å². The summed E-state index contributed by atoms with van der Waals surface area (Å²) < 4.78 is 24.3. The largest absolute Gasteiger partial charge is 0.307 e. The highest BCUT2D eigenvalue weighted by molar-refractivity contribution is 7.91. The molecule has 0 spiro atoms. The van der Waals surface area contributed by atoms with E-state index in [0.29, 0.717) is 17.4 Å². The van der Waals surface area contributed by atoms with Crippen molar-refractivity contribution in [3.8, 4) is 0 Å². The number of benzene rings is 1. The lowest BCUT2D eigenvalue weighted by Crippen LogP contribution is -2.36. The molecular formula is C16H19NO2S2. The average Bonchev–Trinajstić information content (AvgIpc) is 2.95. The molecule has 2 heterocycles. The van der Waals surface area contributed by atoms with Crippen LogP contribution in [0.3, 0.4) is 0 Å². The molecule has 0 aliphatic carbocycles. The van der Waals surface area contributed by atoms with E-state index in [0.717, 1.165) is 12.0 Å². The first-order valence-electron chi connectivity index (χ1n) is 7.16. The van der Waals surface area contributed by atoms with Gasteiger partial charge in [-0.05, 0) is 42.8 Å². The first-order chi connectivity index (χ1) is 10.1. The van der Waals surface area contributed by atoms with E-state index in [-0.39, 0.29) is 11.8 Å². The fraction of sp³-hybridized carbons (Fsp3) is 0.375. The Morgan fingerprint density at radius 3 is 2.86 bits per heavy atom. The van der Waals surface area contributed by atoms with Crippen molar-refractivity contribution in [2.75, 3.05) is 5.75 Å². The molecular weight excluding hydrogens is 302 g/mol. The van der Waals surface area contributed by atoms with Crippen molar-refractivity contribution in [1.29, 1.82) is 0 Å². The summed E-state index contributed by atoms with van der Waals surface area (Å²) in [6, 6.07) is 12.0. The second kappa shape index (κ2) is 5.91. The van der Waals surface area contributed by atoms with Crippen molar-refractivity contribution in [3.05, 3.63) is 52.2 Å². The van der Waals surface area contributed by atoms with Gasteiger partial charge in [-0.25, -0.2) is 8.42 Å². The monoisotopic (exact) mass is 321 g/mol. The molecule has 2 atom stereocenters. The Bertz CT molecular complexity index is 708. The summed E-state index contributed by atoms with van der Waals surface area (Å²) in [6.07, 6.45) is 1.62. The van der Waals surface area contributed by atoms with Gasteiger partial charge in [0.15, 0.2) is 9.84 Å². The molecule has 1 aliphatic heterocycles. The molecule has 3 rings (SSSR count). The van der Waals surface area contributed by atoms with Crippen molar-refractivity contribution in [2.24, 2.45) is 0 Å². The molecule has 0 saturated carbocycles. The predicted octanol–water partition coefficient (Wildman–Crippen LogP) is 3.19. The summed E-state index contributed by atoms with van der Waals surface area (Å²) in [4.78, 5) is 1.85. The van der Waals surface area contributed by atoms with E-state index < -0.39 is 9.84 Å². The second-order valence-corrected chi connectivity index (χ2v) is 8.66. The van der Waals surface area contributed by atoms with Gasteiger partial charge >= 0.3 is 0 Å². The zero-order valence-corrected chi connectivity index (χ0v) is 13.6. The first kappa shape index (κ1) is 14.8. The van der Waals surface area contributed by atoms with Crippen molar-refractivity contribution in [2.45, 2.75) is 36.7 Å². The molecule has 1 N–H and O–H groups in total. The molecule has 1 aromatic heterocycles. The molecule has 2 unspecified atom stereocenters. The predicted molar refractivity (Wildman–Crippen MR) is 86.5 cm³/mol. The summed E-state index contributed by atoms with van der Waals surface area (Å²) in [5, 5.41) is 5.68. The maximum absolute atomic E-state index is 12.1. The molecule has 0 saturated heterocycles. The standard InChI is InChI=1S/C16H19NO2S2/c1-12(11-13-5-4-9-20-13)17-15-8-10-21(18,19)16-7-3-2-6-14(15)16/h2-7,9,12,15,17H,8,10-11H2,1H3. The van der Waals surface area contributed by atoms with Crippen LogP contribution in [-0.4, -0.2) is 20.2 Å². The maximum Gasteiger partial charge on any atom is 0.178 e. The molecule has 3 nitrogen and oxygen atoms in total. The maximum atomic E-state index is 12.1. The van der Waals surface area contributed by atoms with Gasteiger partial charge in [-0.1, -0.05) is 24.3 Å². The van der Waals surface area contributed by atoms with E-state index in [4.69, 9.17) is 0 Å². The van der Waals surface area contributed by atoms with Crippen LogP contribution in [0.5, 0.6) is 0 Å². The van der Waals surface area contributed by atoms with Crippen molar-refractivity contribution >= 4 is 21.2 Å². The number of fused-ring (bicyclic) bond motifs is 1. The average molecular weight is 321 g/mol. The van der Waals surface area contributed by atoms with E-state index in [1.54, 1.807) is 23.5 Å². The third-order valence-corrected chi connectivity index (χ3v) is 6.59. The minimum Gasteiger partial charge on any atom is -0.307 e. The molecule has 0 bridgehead atoms. The van der Waals surface area contributed by atoms with Crippen molar-refractivity contribution in [3.63, 3.8) is 0 Å². The molecule has 112 valence electrons. The number of hydrogen-bond acceptors (Lipinski definition) is 4. The van der Waals surface area contributed by atoms with Crippen molar-refractivity contribution in [1.82, 2.24) is 5.32 Å². The van der Waals surface area contributed by atoms with Gasteiger partial charge in [0, 0.05) is 17.0 Å². The molecule has 0 radical (unpaired) electrons. The minimum atomic E-state index is -3.10. The molecule has 1 aromatic carbocycles. The smallest absolute Gasteiger partial charge is 0.178 e. The van der Waals surface area contributed by atoms with Gasteiger partial charge in [0.25, 0.3) is 0 Å². The van der Waals surface area contributed by atoms with Crippen LogP contribution >= 0.6 is 11.3 Å². The molecule has 2 aromatic rings. The Morgan fingerprint density at radius 2 is 2.10 bits per heavy atom. The zero-order valence-electron chi connectivity index (χ0n) is 12.0. The highest BCUT2D eigenvalue weighted by Gasteiger charge is 2.30. The van der Waals surface area contributed by atoms with Gasteiger partial charge in [-0.3, -0.25) is 0 Å². The van der Waals surface area contributed by atoms with Gasteiger partial charge < -0.3 is 5.32 Å². The van der Waals surface area contributed by atoms with Crippen LogP contribution < -0.4 is 5.32 Å². The highest BCUT2D eigenvalue weighted by Crippen LogP contribution is 2.32. The number of nitrogens with one attached hydrogen (secondary N) is 1. The van der Waals surface area contributed by atoms with Gasteiger partial charge in [-0.15, -0.1) is 11.3 Å². The van der Waals surface area contributed by atoms with Gasteiger partial charge in [-0.2, -0.15) is 0 Å². The third-order valence-electron chi connectivity index (χ3n) is 3.88. The lowest BCUT2D eigenvalue weighted by atomic mass is 10.0. The van der Waals surface area contributed by atoms with Crippen LogP contribution in [0, 0.1) is 0 Å². The zero-order chi connectivity index (χ0) is 14.9. The van der Waals surface area contributed by atoms with E-state index in [2.05, 4.69) is 29.8 Å². The van der Waals surface area contributed by atoms with Crippen LogP contribution in [-0.2, 0) is 16.3 Å². The Morgan fingerprint density at radius 1 is 1.29 bits per heavy atom. The number of thiophene rings is 1. The van der Waals surface area contributed by atoms with Crippen LogP contribution in [0.1, 0.15) is 29.8 Å². The van der Waals surface area contributed by atoms with Crippen LogP contribution in [0.25, 0.3) is 0 Å². The Balaban J connectivity index is 1.78. The SMILES string of the molecule is CC(Cc1cccs1)NC1CCS(=O)(=O)c2ccccc21. The lowest BCUT2D eigenvalue weighted by molar-refractivity contribution is 0.432. The van der Waals surface area contributed by atoms with E-state index in [9.17, 15) is 8.42 Å².